The molecule has 0 spiro atoms. The molecule has 0 fully saturated rings. The molecule has 0 aromatic carbocycles. The maximum absolute atomic E-state index is 11.8. The molecule has 0 aliphatic rings. The molecule has 25 heavy (non-hydrogen) atoms. The fourth-order valence-electron chi connectivity index (χ4n) is 2.24. The Morgan fingerprint density at radius 2 is 2.28 bits per heavy atom. The maximum atomic E-state index is 11.8. The topological polar surface area (TPSA) is 96.2 Å². The zero-order chi connectivity index (χ0) is 17.6. The second-order valence-electron chi connectivity index (χ2n) is 5.26. The third kappa shape index (κ3) is 4.50. The first-order valence-corrected chi connectivity index (χ1v) is 8.79. The van der Waals surface area contributed by atoms with Crippen LogP contribution >= 0.6 is 11.8 Å². The Labute approximate surface area is 148 Å². The molecule has 0 aliphatic carbocycles. The zero-order valence-corrected chi connectivity index (χ0v) is 14.8. The van der Waals surface area contributed by atoms with Crippen molar-refractivity contribution in [2.75, 3.05) is 6.61 Å². The second-order valence-corrected chi connectivity index (χ2v) is 6.21. The van der Waals surface area contributed by atoms with Crippen molar-refractivity contribution in [3.8, 4) is 0 Å². The summed E-state index contributed by atoms with van der Waals surface area (Å²) in [4.78, 5) is 11.8. The van der Waals surface area contributed by atoms with E-state index in [1.807, 2.05) is 29.7 Å². The third-order valence-corrected chi connectivity index (χ3v) is 4.32. The number of ether oxygens (including phenoxy) is 1. The van der Waals surface area contributed by atoms with E-state index in [1.165, 1.54) is 11.8 Å². The molecule has 0 saturated carbocycles. The predicted molar refractivity (Wildman–Crippen MR) is 89.0 cm³/mol. The van der Waals surface area contributed by atoms with Crippen LogP contribution in [0.2, 0.25) is 0 Å². The predicted octanol–water partition coefficient (Wildman–Crippen LogP) is 2.61. The molecule has 0 bridgehead atoms. The molecule has 3 aromatic rings. The van der Waals surface area contributed by atoms with Crippen molar-refractivity contribution in [2.45, 2.75) is 37.7 Å². The largest absolute Gasteiger partial charge is 0.467 e. The lowest BCUT2D eigenvalue weighted by Crippen LogP contribution is -2.13. The molecule has 0 unspecified atom stereocenters. The Morgan fingerprint density at radius 1 is 1.40 bits per heavy atom. The van der Waals surface area contributed by atoms with Gasteiger partial charge in [0, 0.05) is 11.8 Å². The second kappa shape index (κ2) is 8.02. The van der Waals surface area contributed by atoms with Crippen molar-refractivity contribution in [3.05, 3.63) is 47.5 Å². The van der Waals surface area contributed by atoms with E-state index >= 15 is 0 Å². The smallest absolute Gasteiger partial charge is 0.313 e. The zero-order valence-electron chi connectivity index (χ0n) is 14.0. The third-order valence-electron chi connectivity index (χ3n) is 3.32. The van der Waals surface area contributed by atoms with Gasteiger partial charge in [0.1, 0.15) is 23.8 Å². The summed E-state index contributed by atoms with van der Waals surface area (Å²) in [5.41, 5.74) is 0.821. The van der Waals surface area contributed by atoms with Crippen LogP contribution in [0.25, 0.3) is 0 Å². The summed E-state index contributed by atoms with van der Waals surface area (Å²) in [7, 11) is 0. The molecule has 9 heteroatoms. The highest BCUT2D eigenvalue weighted by molar-refractivity contribution is 7.98. The summed E-state index contributed by atoms with van der Waals surface area (Å²) in [5, 5.41) is 13.0. The molecule has 0 atom stereocenters. The average molecular weight is 362 g/mol. The Morgan fingerprint density at radius 3 is 2.96 bits per heavy atom. The van der Waals surface area contributed by atoms with Crippen molar-refractivity contribution in [2.24, 2.45) is 0 Å². The summed E-state index contributed by atoms with van der Waals surface area (Å²) < 4.78 is 17.3. The number of hydrogen-bond acceptors (Lipinski definition) is 8. The Balaban J connectivity index is 1.78. The highest BCUT2D eigenvalue weighted by Crippen LogP contribution is 2.23. The maximum Gasteiger partial charge on any atom is 0.313 e. The normalized spacial score (nSPS) is 11.0. The van der Waals surface area contributed by atoms with E-state index in [-0.39, 0.29) is 12.4 Å². The molecule has 8 nitrogen and oxygen atoms in total. The Kier molecular flexibility index (Phi) is 5.54. The number of hydrogen-bond donors (Lipinski definition) is 0. The van der Waals surface area contributed by atoms with E-state index in [0.29, 0.717) is 29.9 Å². The van der Waals surface area contributed by atoms with Gasteiger partial charge >= 0.3 is 5.97 Å². The van der Waals surface area contributed by atoms with Crippen molar-refractivity contribution >= 4 is 17.7 Å². The van der Waals surface area contributed by atoms with Gasteiger partial charge in [0.25, 0.3) is 0 Å². The molecule has 3 rings (SSSR count). The van der Waals surface area contributed by atoms with Gasteiger partial charge in [-0.25, -0.2) is 0 Å². The molecule has 0 N–H and O–H groups in total. The molecular weight excluding hydrogens is 344 g/mol. The molecule has 0 aliphatic heterocycles. The van der Waals surface area contributed by atoms with Crippen LogP contribution in [0.15, 0.2) is 38.6 Å². The number of carbonyl (C=O) groups excluding carboxylic acids is 1. The van der Waals surface area contributed by atoms with E-state index < -0.39 is 0 Å². The van der Waals surface area contributed by atoms with Crippen LogP contribution in [0.5, 0.6) is 0 Å². The summed E-state index contributed by atoms with van der Waals surface area (Å²) in [6.45, 7) is 4.39. The molecule has 132 valence electrons. The first-order chi connectivity index (χ1) is 12.2. The SMILES string of the molecule is CCOC(=O)Cc1nnc(SCc2cc(C)on2)n1Cc1ccco1. The minimum Gasteiger partial charge on any atom is -0.467 e. The fraction of sp³-hybridized carbons (Fsp3) is 0.375. The number of esters is 1. The Hall–Kier alpha value is -2.55. The quantitative estimate of drug-likeness (QED) is 0.446. The van der Waals surface area contributed by atoms with E-state index in [2.05, 4.69) is 15.4 Å². The number of carbonyl (C=O) groups is 1. The number of aryl methyl sites for hydroxylation is 1. The highest BCUT2D eigenvalue weighted by atomic mass is 32.2. The van der Waals surface area contributed by atoms with Crippen molar-refractivity contribution in [1.29, 1.82) is 0 Å². The number of rotatable bonds is 8. The number of thioether (sulfide) groups is 1. The first-order valence-electron chi connectivity index (χ1n) is 7.80. The number of furan rings is 1. The standard InChI is InChI=1S/C16H18N4O4S/c1-3-22-15(21)8-14-17-18-16(20(14)9-13-5-4-6-23-13)25-10-12-7-11(2)24-19-12/h4-7H,3,8-10H2,1-2H3. The van der Waals surface area contributed by atoms with E-state index in [9.17, 15) is 4.79 Å². The van der Waals surface area contributed by atoms with E-state index in [1.54, 1.807) is 13.2 Å². The van der Waals surface area contributed by atoms with Crippen molar-refractivity contribution < 1.29 is 18.5 Å². The van der Waals surface area contributed by atoms with Gasteiger partial charge in [-0.15, -0.1) is 10.2 Å². The summed E-state index contributed by atoms with van der Waals surface area (Å²) in [6.07, 6.45) is 1.67. The lowest BCUT2D eigenvalue weighted by Gasteiger charge is -2.08. The summed E-state index contributed by atoms with van der Waals surface area (Å²) in [6, 6.07) is 5.55. The van der Waals surface area contributed by atoms with Crippen LogP contribution in [0.3, 0.4) is 0 Å². The molecule has 3 aromatic heterocycles. The number of aromatic nitrogens is 4. The lowest BCUT2D eigenvalue weighted by atomic mass is 10.4. The van der Waals surface area contributed by atoms with Crippen LogP contribution in [0.4, 0.5) is 0 Å². The summed E-state index contributed by atoms with van der Waals surface area (Å²) in [5.74, 6) is 2.31. The first kappa shape index (κ1) is 17.3. The van der Waals surface area contributed by atoms with Crippen LogP contribution in [0, 0.1) is 6.92 Å². The fourth-order valence-corrected chi connectivity index (χ4v) is 3.08. The van der Waals surface area contributed by atoms with Gasteiger partial charge in [-0.3, -0.25) is 9.36 Å². The molecule has 3 heterocycles. The van der Waals surface area contributed by atoms with Crippen LogP contribution in [0.1, 0.15) is 30.0 Å². The van der Waals surface area contributed by atoms with Crippen LogP contribution < -0.4 is 0 Å². The van der Waals surface area contributed by atoms with Gasteiger partial charge in [-0.1, -0.05) is 16.9 Å². The van der Waals surface area contributed by atoms with E-state index in [4.69, 9.17) is 13.7 Å². The monoisotopic (exact) mass is 362 g/mol. The minimum absolute atomic E-state index is 0.0607. The van der Waals surface area contributed by atoms with Gasteiger partial charge in [-0.05, 0) is 26.0 Å². The van der Waals surface area contributed by atoms with Gasteiger partial charge in [0.15, 0.2) is 5.16 Å². The Bertz CT molecular complexity index is 825. The summed E-state index contributed by atoms with van der Waals surface area (Å²) >= 11 is 1.47. The van der Waals surface area contributed by atoms with Crippen LogP contribution in [-0.4, -0.2) is 32.5 Å². The highest BCUT2D eigenvalue weighted by Gasteiger charge is 2.18. The molecule has 0 amide bonds. The van der Waals surface area contributed by atoms with Gasteiger partial charge in [-0.2, -0.15) is 0 Å². The molecule has 0 saturated heterocycles. The number of nitrogens with zero attached hydrogens (tertiary/aromatic N) is 4. The molecule has 0 radical (unpaired) electrons. The lowest BCUT2D eigenvalue weighted by molar-refractivity contribution is -0.142. The van der Waals surface area contributed by atoms with Gasteiger partial charge in [0.05, 0.1) is 25.1 Å². The average Bonchev–Trinajstić information content (AvgIpc) is 3.30. The van der Waals surface area contributed by atoms with Crippen molar-refractivity contribution in [1.82, 2.24) is 19.9 Å². The van der Waals surface area contributed by atoms with Gasteiger partial charge < -0.3 is 13.7 Å². The minimum atomic E-state index is -0.334. The molecular formula is C16H18N4O4S. The van der Waals surface area contributed by atoms with E-state index in [0.717, 1.165) is 17.2 Å². The van der Waals surface area contributed by atoms with Gasteiger partial charge in [0.2, 0.25) is 0 Å². The van der Waals surface area contributed by atoms with Crippen LogP contribution in [-0.2, 0) is 28.2 Å². The van der Waals surface area contributed by atoms with Crippen molar-refractivity contribution in [3.63, 3.8) is 0 Å².